The van der Waals surface area contributed by atoms with E-state index in [1.165, 1.54) is 6.92 Å². The van der Waals surface area contributed by atoms with Crippen molar-refractivity contribution in [2.45, 2.75) is 19.1 Å². The predicted molar refractivity (Wildman–Crippen MR) is 81.2 cm³/mol. The van der Waals surface area contributed by atoms with Gasteiger partial charge in [0.15, 0.2) is 5.96 Å². The standard InChI is InChI=1S/C13H18N4O6/c1-5(19)16-10-7(11(21)9(20)4-18)2-6(12(22)23)3-8(10)17-13(14)15/h2-3,9,11,18,20-21H,4H2,1H3,(H,16,19)(H,22,23)(H4,14,15,17)/t9-,11+/m1/s1. The second-order valence-electron chi connectivity index (χ2n) is 4.68. The molecule has 0 saturated heterocycles. The molecule has 23 heavy (non-hydrogen) atoms. The van der Waals surface area contributed by atoms with Crippen molar-refractivity contribution < 1.29 is 30.0 Å². The third-order valence-electron chi connectivity index (χ3n) is 2.82. The fourth-order valence-electron chi connectivity index (χ4n) is 1.85. The van der Waals surface area contributed by atoms with E-state index in [0.29, 0.717) is 0 Å². The van der Waals surface area contributed by atoms with Gasteiger partial charge in [0.05, 0.1) is 23.5 Å². The van der Waals surface area contributed by atoms with Crippen molar-refractivity contribution in [2.75, 3.05) is 11.9 Å². The van der Waals surface area contributed by atoms with Crippen molar-refractivity contribution in [1.82, 2.24) is 0 Å². The quantitative estimate of drug-likeness (QED) is 0.246. The van der Waals surface area contributed by atoms with Crippen LogP contribution in [0.25, 0.3) is 0 Å². The minimum absolute atomic E-state index is 0.0732. The number of nitrogens with two attached hydrogens (primary N) is 2. The average Bonchev–Trinajstić information content (AvgIpc) is 2.45. The van der Waals surface area contributed by atoms with Gasteiger partial charge >= 0.3 is 5.97 Å². The van der Waals surface area contributed by atoms with Gasteiger partial charge in [0.25, 0.3) is 0 Å². The second-order valence-corrected chi connectivity index (χ2v) is 4.68. The molecule has 10 heteroatoms. The van der Waals surface area contributed by atoms with E-state index in [1.54, 1.807) is 0 Å². The first-order chi connectivity index (χ1) is 10.7. The van der Waals surface area contributed by atoms with Crippen molar-refractivity contribution in [3.8, 4) is 0 Å². The van der Waals surface area contributed by atoms with E-state index in [-0.39, 0.29) is 22.5 Å². The van der Waals surface area contributed by atoms with Gasteiger partial charge in [-0.05, 0) is 12.1 Å². The largest absolute Gasteiger partial charge is 0.478 e. The number of hydrogen-bond acceptors (Lipinski definition) is 6. The summed E-state index contributed by atoms with van der Waals surface area (Å²) in [4.78, 5) is 26.3. The van der Waals surface area contributed by atoms with E-state index in [1.807, 2.05) is 0 Å². The number of carbonyl (C=O) groups excluding carboxylic acids is 1. The minimum Gasteiger partial charge on any atom is -0.478 e. The first kappa shape index (κ1) is 18.4. The van der Waals surface area contributed by atoms with Crippen LogP contribution in [0.1, 0.15) is 28.9 Å². The topological polar surface area (TPSA) is 191 Å². The Morgan fingerprint density at radius 3 is 2.35 bits per heavy atom. The van der Waals surface area contributed by atoms with E-state index in [4.69, 9.17) is 21.7 Å². The number of amides is 1. The predicted octanol–water partition coefficient (Wildman–Crippen LogP) is -1.37. The number of carboxylic acid groups (broad SMARTS) is 1. The van der Waals surface area contributed by atoms with Crippen molar-refractivity contribution in [3.05, 3.63) is 23.3 Å². The van der Waals surface area contributed by atoms with Crippen molar-refractivity contribution >= 4 is 29.2 Å². The average molecular weight is 326 g/mol. The Balaban J connectivity index is 3.66. The molecule has 2 atom stereocenters. The molecule has 0 aliphatic carbocycles. The number of aliphatic hydroxyl groups excluding tert-OH is 3. The minimum atomic E-state index is -1.67. The number of nitrogens with zero attached hydrogens (tertiary/aromatic N) is 1. The lowest BCUT2D eigenvalue weighted by Gasteiger charge is -2.21. The lowest BCUT2D eigenvalue weighted by molar-refractivity contribution is -0.114. The van der Waals surface area contributed by atoms with E-state index in [0.717, 1.165) is 12.1 Å². The van der Waals surface area contributed by atoms with E-state index < -0.39 is 36.7 Å². The van der Waals surface area contributed by atoms with Crippen LogP contribution in [-0.2, 0) is 4.79 Å². The molecule has 1 aromatic carbocycles. The number of nitrogens with one attached hydrogen (secondary N) is 1. The number of hydrogen-bond donors (Lipinski definition) is 7. The van der Waals surface area contributed by atoms with Gasteiger partial charge in [-0.1, -0.05) is 0 Å². The molecule has 10 nitrogen and oxygen atoms in total. The number of benzene rings is 1. The molecule has 1 aromatic rings. The summed E-state index contributed by atoms with van der Waals surface area (Å²) in [6.45, 7) is 0.401. The van der Waals surface area contributed by atoms with Crippen LogP contribution in [-0.4, -0.2) is 51.0 Å². The molecule has 0 aromatic heterocycles. The molecule has 1 amide bonds. The summed E-state index contributed by atoms with van der Waals surface area (Å²) in [5.41, 5.74) is 9.94. The maximum Gasteiger partial charge on any atom is 0.335 e. The van der Waals surface area contributed by atoms with Crippen LogP contribution in [0.15, 0.2) is 17.1 Å². The second kappa shape index (κ2) is 7.54. The fourth-order valence-corrected chi connectivity index (χ4v) is 1.85. The van der Waals surface area contributed by atoms with Crippen LogP contribution in [0.4, 0.5) is 11.4 Å². The number of anilines is 1. The maximum absolute atomic E-state index is 11.4. The molecule has 0 spiro atoms. The zero-order chi connectivity index (χ0) is 17.7. The summed E-state index contributed by atoms with van der Waals surface area (Å²) in [5.74, 6) is -2.27. The number of aromatic carboxylic acids is 1. The van der Waals surface area contributed by atoms with Gasteiger partial charge in [-0.2, -0.15) is 0 Å². The highest BCUT2D eigenvalue weighted by Gasteiger charge is 2.25. The Kier molecular flexibility index (Phi) is 6.02. The summed E-state index contributed by atoms with van der Waals surface area (Å²) in [6.07, 6.45) is -3.27. The summed E-state index contributed by atoms with van der Waals surface area (Å²) >= 11 is 0. The van der Waals surface area contributed by atoms with Crippen LogP contribution >= 0.6 is 0 Å². The molecule has 126 valence electrons. The van der Waals surface area contributed by atoms with E-state index in [2.05, 4.69) is 10.3 Å². The third kappa shape index (κ3) is 4.64. The number of rotatable bonds is 6. The molecule has 0 aliphatic rings. The van der Waals surface area contributed by atoms with Gasteiger partial charge in [-0.25, -0.2) is 9.79 Å². The Morgan fingerprint density at radius 2 is 1.91 bits per heavy atom. The number of aliphatic imine (C=N–C) groups is 1. The zero-order valence-corrected chi connectivity index (χ0v) is 12.2. The van der Waals surface area contributed by atoms with Gasteiger partial charge in [-0.15, -0.1) is 0 Å². The summed E-state index contributed by atoms with van der Waals surface area (Å²) in [6, 6.07) is 2.14. The van der Waals surface area contributed by atoms with Gasteiger partial charge in [0, 0.05) is 12.5 Å². The third-order valence-corrected chi connectivity index (χ3v) is 2.82. The molecule has 0 radical (unpaired) electrons. The number of aliphatic hydroxyl groups is 3. The SMILES string of the molecule is CC(=O)Nc1c(N=C(N)N)cc(C(=O)O)cc1[C@H](O)[C@H](O)CO. The molecule has 1 rings (SSSR count). The van der Waals surface area contributed by atoms with Crippen molar-refractivity contribution in [3.63, 3.8) is 0 Å². The van der Waals surface area contributed by atoms with Crippen molar-refractivity contribution in [2.24, 2.45) is 16.5 Å². The molecule has 0 fully saturated rings. The Bertz CT molecular complexity index is 642. The van der Waals surface area contributed by atoms with Crippen LogP contribution in [0.5, 0.6) is 0 Å². The first-order valence-electron chi connectivity index (χ1n) is 6.42. The molecule has 9 N–H and O–H groups in total. The number of carboxylic acids is 1. The Labute approximate surface area is 131 Å². The fraction of sp³-hybridized carbons (Fsp3) is 0.308. The van der Waals surface area contributed by atoms with Gasteiger partial charge in [0.1, 0.15) is 12.2 Å². The zero-order valence-electron chi connectivity index (χ0n) is 12.2. The van der Waals surface area contributed by atoms with Crippen LogP contribution < -0.4 is 16.8 Å². The van der Waals surface area contributed by atoms with E-state index in [9.17, 15) is 19.8 Å². The van der Waals surface area contributed by atoms with Gasteiger partial charge in [0.2, 0.25) is 5.91 Å². The number of guanidine groups is 1. The van der Waals surface area contributed by atoms with E-state index >= 15 is 0 Å². The summed E-state index contributed by atoms with van der Waals surface area (Å²) < 4.78 is 0. The molecular formula is C13H18N4O6. The Morgan fingerprint density at radius 1 is 1.30 bits per heavy atom. The molecule has 0 bridgehead atoms. The Hall–Kier alpha value is -2.69. The lowest BCUT2D eigenvalue weighted by atomic mass is 9.98. The summed E-state index contributed by atoms with van der Waals surface area (Å²) in [7, 11) is 0. The van der Waals surface area contributed by atoms with Crippen molar-refractivity contribution in [1.29, 1.82) is 0 Å². The molecule has 0 heterocycles. The molecule has 0 unspecified atom stereocenters. The van der Waals surface area contributed by atoms with Crippen LogP contribution in [0.2, 0.25) is 0 Å². The lowest BCUT2D eigenvalue weighted by Crippen LogP contribution is -2.25. The molecule has 0 saturated carbocycles. The highest BCUT2D eigenvalue weighted by atomic mass is 16.4. The van der Waals surface area contributed by atoms with Crippen LogP contribution in [0, 0.1) is 0 Å². The number of carbonyl (C=O) groups is 2. The summed E-state index contributed by atoms with van der Waals surface area (Å²) in [5, 5.41) is 40.1. The maximum atomic E-state index is 11.4. The monoisotopic (exact) mass is 326 g/mol. The first-order valence-corrected chi connectivity index (χ1v) is 6.42. The molecule has 0 aliphatic heterocycles. The van der Waals surface area contributed by atoms with Gasteiger partial charge in [-0.3, -0.25) is 4.79 Å². The normalized spacial score (nSPS) is 13.0. The van der Waals surface area contributed by atoms with Crippen LogP contribution in [0.3, 0.4) is 0 Å². The smallest absolute Gasteiger partial charge is 0.335 e. The highest BCUT2D eigenvalue weighted by molar-refractivity contribution is 5.98. The molecular weight excluding hydrogens is 308 g/mol. The van der Waals surface area contributed by atoms with Gasteiger partial charge < -0.3 is 37.2 Å². The highest BCUT2D eigenvalue weighted by Crippen LogP contribution is 2.36.